The van der Waals surface area contributed by atoms with Gasteiger partial charge in [-0.15, -0.1) is 0 Å². The second-order valence-corrected chi connectivity index (χ2v) is 5.34. The molecule has 0 bridgehead atoms. The predicted octanol–water partition coefficient (Wildman–Crippen LogP) is 2.80. The van der Waals surface area contributed by atoms with Crippen LogP contribution in [0.2, 0.25) is 0 Å². The quantitative estimate of drug-likeness (QED) is 0.750. The van der Waals surface area contributed by atoms with E-state index in [1.165, 1.54) is 6.42 Å². The van der Waals surface area contributed by atoms with Crippen LogP contribution in [0.1, 0.15) is 40.0 Å². The summed E-state index contributed by atoms with van der Waals surface area (Å²) >= 11 is 0. The Hall–Kier alpha value is -1.06. The summed E-state index contributed by atoms with van der Waals surface area (Å²) in [5.74, 6) is 0.902. The minimum Gasteiger partial charge on any atom is -0.298 e. The smallest absolute Gasteiger partial charge is 0.0672 e. The zero-order chi connectivity index (χ0) is 12.8. The number of hydrogen-bond acceptors (Lipinski definition) is 3. The van der Waals surface area contributed by atoms with Crippen LogP contribution in [0.25, 0.3) is 0 Å². The normalized spacial score (nSPS) is 30.6. The largest absolute Gasteiger partial charge is 0.298 e. The van der Waals surface area contributed by atoms with Crippen LogP contribution in [0.5, 0.6) is 0 Å². The van der Waals surface area contributed by atoms with Crippen LogP contribution in [0.3, 0.4) is 0 Å². The Morgan fingerprint density at radius 1 is 1.35 bits per heavy atom. The van der Waals surface area contributed by atoms with E-state index in [1.54, 1.807) is 0 Å². The fourth-order valence-electron chi connectivity index (χ4n) is 2.80. The van der Waals surface area contributed by atoms with Crippen LogP contribution in [0.15, 0.2) is 0 Å². The highest BCUT2D eigenvalue weighted by Gasteiger charge is 2.32. The molecule has 1 aliphatic carbocycles. The highest BCUT2D eigenvalue weighted by Crippen LogP contribution is 2.32. The maximum Gasteiger partial charge on any atom is 0.0672 e. The molecule has 0 saturated heterocycles. The zero-order valence-electron chi connectivity index (χ0n) is 11.2. The predicted molar refractivity (Wildman–Crippen MR) is 67.9 cm³/mol. The van der Waals surface area contributed by atoms with E-state index < -0.39 is 0 Å². The fraction of sp³-hybridized carbons (Fsp3) is 0.857. The van der Waals surface area contributed by atoms with Crippen molar-refractivity contribution in [3.8, 4) is 12.1 Å². The summed E-state index contributed by atoms with van der Waals surface area (Å²) in [5.41, 5.74) is 0. The first kappa shape index (κ1) is 14.0. The first-order valence-corrected chi connectivity index (χ1v) is 6.65. The maximum absolute atomic E-state index is 9.24. The third-order valence-electron chi connectivity index (χ3n) is 3.85. The summed E-state index contributed by atoms with van der Waals surface area (Å²) < 4.78 is 0. The minimum atomic E-state index is 0.0477. The molecule has 4 unspecified atom stereocenters. The van der Waals surface area contributed by atoms with Crippen molar-refractivity contribution in [1.29, 1.82) is 10.5 Å². The van der Waals surface area contributed by atoms with Gasteiger partial charge in [0.15, 0.2) is 0 Å². The Labute approximate surface area is 105 Å². The lowest BCUT2D eigenvalue weighted by molar-refractivity contribution is 0.103. The molecule has 0 spiro atoms. The summed E-state index contributed by atoms with van der Waals surface area (Å²) in [6, 6.07) is 5.10. The molecule has 0 amide bonds. The summed E-state index contributed by atoms with van der Waals surface area (Å²) in [4.78, 5) is 2.33. The van der Waals surface area contributed by atoms with Gasteiger partial charge in [-0.25, -0.2) is 0 Å². The van der Waals surface area contributed by atoms with E-state index in [9.17, 15) is 5.26 Å². The Morgan fingerprint density at radius 3 is 2.59 bits per heavy atom. The van der Waals surface area contributed by atoms with Crippen LogP contribution in [-0.2, 0) is 0 Å². The van der Waals surface area contributed by atoms with Gasteiger partial charge in [0.05, 0.1) is 24.0 Å². The molecule has 0 N–H and O–H groups in total. The van der Waals surface area contributed by atoms with E-state index in [1.807, 2.05) is 6.92 Å². The lowest BCUT2D eigenvalue weighted by Crippen LogP contribution is -2.45. The van der Waals surface area contributed by atoms with Crippen molar-refractivity contribution in [1.82, 2.24) is 4.90 Å². The molecule has 0 aliphatic heterocycles. The molecule has 3 heteroatoms. The molecule has 1 rings (SSSR count). The van der Waals surface area contributed by atoms with Gasteiger partial charge in [0, 0.05) is 12.6 Å². The van der Waals surface area contributed by atoms with Crippen molar-refractivity contribution in [2.75, 3.05) is 13.1 Å². The lowest BCUT2D eigenvalue weighted by atomic mass is 9.78. The van der Waals surface area contributed by atoms with Crippen LogP contribution in [0, 0.1) is 40.4 Å². The molecule has 4 atom stereocenters. The Bertz CT molecular complexity index is 312. The molecular weight excluding hydrogens is 210 g/mol. The average molecular weight is 233 g/mol. The van der Waals surface area contributed by atoms with Gasteiger partial charge in [0.25, 0.3) is 0 Å². The van der Waals surface area contributed by atoms with Gasteiger partial charge in [-0.3, -0.25) is 4.90 Å². The fourth-order valence-corrected chi connectivity index (χ4v) is 2.80. The van der Waals surface area contributed by atoms with Crippen LogP contribution < -0.4 is 0 Å². The number of rotatable bonds is 4. The molecule has 1 fully saturated rings. The lowest BCUT2D eigenvalue weighted by Gasteiger charge is -2.39. The van der Waals surface area contributed by atoms with Gasteiger partial charge in [-0.1, -0.05) is 13.8 Å². The van der Waals surface area contributed by atoms with E-state index >= 15 is 0 Å². The van der Waals surface area contributed by atoms with E-state index in [-0.39, 0.29) is 11.8 Å². The Morgan fingerprint density at radius 2 is 2.06 bits per heavy atom. The second kappa shape index (κ2) is 6.62. The topological polar surface area (TPSA) is 50.8 Å². The van der Waals surface area contributed by atoms with Crippen molar-refractivity contribution in [3.63, 3.8) is 0 Å². The first-order valence-electron chi connectivity index (χ1n) is 6.65. The molecule has 17 heavy (non-hydrogen) atoms. The molecule has 0 aromatic heterocycles. The summed E-state index contributed by atoms with van der Waals surface area (Å²) in [5, 5.41) is 18.2. The standard InChI is InChI=1S/C14H23N3/c1-4-17(10-12(3)8-15)14-7-11(2)5-6-13(14)9-16/h11-14H,4-7,10H2,1-3H3. The monoisotopic (exact) mass is 233 g/mol. The van der Waals surface area contributed by atoms with Crippen LogP contribution in [-0.4, -0.2) is 24.0 Å². The molecule has 1 aliphatic rings. The molecule has 0 aromatic carbocycles. The molecule has 3 nitrogen and oxygen atoms in total. The Kier molecular flexibility index (Phi) is 5.45. The van der Waals surface area contributed by atoms with Crippen molar-refractivity contribution < 1.29 is 0 Å². The molecule has 94 valence electrons. The maximum atomic E-state index is 9.24. The van der Waals surface area contributed by atoms with Gasteiger partial charge in [-0.05, 0) is 38.6 Å². The average Bonchev–Trinajstić information content (AvgIpc) is 2.35. The van der Waals surface area contributed by atoms with E-state index in [2.05, 4.69) is 30.9 Å². The summed E-state index contributed by atoms with van der Waals surface area (Å²) in [7, 11) is 0. The second-order valence-electron chi connectivity index (χ2n) is 5.34. The highest BCUT2D eigenvalue weighted by atomic mass is 15.2. The number of nitriles is 2. The molecule has 0 aromatic rings. The van der Waals surface area contributed by atoms with Crippen molar-refractivity contribution in [2.24, 2.45) is 17.8 Å². The molecule has 1 saturated carbocycles. The number of hydrogen-bond donors (Lipinski definition) is 0. The van der Waals surface area contributed by atoms with Gasteiger partial charge in [0.1, 0.15) is 0 Å². The highest BCUT2D eigenvalue weighted by molar-refractivity contribution is 4.98. The zero-order valence-corrected chi connectivity index (χ0v) is 11.2. The molecule has 0 radical (unpaired) electrons. The molecular formula is C14H23N3. The third-order valence-corrected chi connectivity index (χ3v) is 3.85. The first-order chi connectivity index (χ1) is 8.12. The van der Waals surface area contributed by atoms with Gasteiger partial charge < -0.3 is 0 Å². The minimum absolute atomic E-state index is 0.0477. The third kappa shape index (κ3) is 3.72. The molecule has 0 heterocycles. The van der Waals surface area contributed by atoms with Gasteiger partial charge >= 0.3 is 0 Å². The van der Waals surface area contributed by atoms with Crippen LogP contribution >= 0.6 is 0 Å². The number of nitrogens with zero attached hydrogens (tertiary/aromatic N) is 3. The van der Waals surface area contributed by atoms with Gasteiger partial charge in [-0.2, -0.15) is 10.5 Å². The van der Waals surface area contributed by atoms with Crippen molar-refractivity contribution >= 4 is 0 Å². The van der Waals surface area contributed by atoms with Crippen molar-refractivity contribution in [2.45, 2.75) is 46.1 Å². The SMILES string of the molecule is CCN(CC(C)C#N)C1CC(C)CCC1C#N. The van der Waals surface area contributed by atoms with Crippen molar-refractivity contribution in [3.05, 3.63) is 0 Å². The van der Waals surface area contributed by atoms with Crippen LogP contribution in [0.4, 0.5) is 0 Å². The van der Waals surface area contributed by atoms with Gasteiger partial charge in [0.2, 0.25) is 0 Å². The summed E-state index contributed by atoms with van der Waals surface area (Å²) in [6.45, 7) is 8.07. The Balaban J connectivity index is 2.71. The van der Waals surface area contributed by atoms with E-state index in [4.69, 9.17) is 5.26 Å². The van der Waals surface area contributed by atoms with E-state index in [0.717, 1.165) is 25.9 Å². The summed E-state index contributed by atoms with van der Waals surface area (Å²) in [6.07, 6.45) is 3.28. The van der Waals surface area contributed by atoms with E-state index in [0.29, 0.717) is 12.0 Å².